The summed E-state index contributed by atoms with van der Waals surface area (Å²) in [4.78, 5) is 25.6. The Bertz CT molecular complexity index is 1020. The van der Waals surface area contributed by atoms with Crippen LogP contribution in [0.4, 0.5) is 5.69 Å². The number of carbonyl (C=O) groups excluding carboxylic acids is 2. The fourth-order valence-electron chi connectivity index (χ4n) is 2.98. The van der Waals surface area contributed by atoms with Gasteiger partial charge in [-0.1, -0.05) is 39.0 Å². The minimum atomic E-state index is -4.10. The van der Waals surface area contributed by atoms with Crippen LogP contribution in [0, 0.1) is 5.92 Å². The second-order valence-electron chi connectivity index (χ2n) is 7.73. The molecule has 31 heavy (non-hydrogen) atoms. The van der Waals surface area contributed by atoms with Gasteiger partial charge in [-0.15, -0.1) is 0 Å². The molecule has 0 fully saturated rings. The molecule has 0 aromatic heterocycles. The summed E-state index contributed by atoms with van der Waals surface area (Å²) < 4.78 is 31.1. The normalized spacial score (nSPS) is 12.3. The number of amides is 2. The zero-order valence-corrected chi connectivity index (χ0v) is 19.4. The summed E-state index contributed by atoms with van der Waals surface area (Å²) in [5.74, 6) is -0.241. The summed E-state index contributed by atoms with van der Waals surface area (Å²) in [5.41, 5.74) is 1.10. The van der Waals surface area contributed by atoms with Gasteiger partial charge in [0.25, 0.3) is 0 Å². The van der Waals surface area contributed by atoms with Crippen molar-refractivity contribution in [3.63, 3.8) is 0 Å². The number of hydrogen-bond acceptors (Lipinski definition) is 5. The average molecular weight is 447 g/mol. The van der Waals surface area contributed by atoms with Crippen molar-refractivity contribution in [1.82, 2.24) is 4.90 Å². The van der Waals surface area contributed by atoms with Gasteiger partial charge in [0.1, 0.15) is 10.6 Å². The van der Waals surface area contributed by atoms with Crippen molar-refractivity contribution in [1.29, 1.82) is 0 Å². The summed E-state index contributed by atoms with van der Waals surface area (Å²) in [6, 6.07) is 12.5. The molecule has 0 saturated heterocycles. The Morgan fingerprint density at radius 3 is 2.19 bits per heavy atom. The molecule has 0 aliphatic carbocycles. The van der Waals surface area contributed by atoms with E-state index in [1.807, 2.05) is 27.7 Å². The van der Waals surface area contributed by atoms with Crippen molar-refractivity contribution in [3.05, 3.63) is 54.1 Å². The van der Waals surface area contributed by atoms with E-state index in [9.17, 15) is 18.0 Å². The Morgan fingerprint density at radius 1 is 1.03 bits per heavy atom. The maximum atomic E-state index is 12.8. The number of nitrogens with zero attached hydrogens (tertiary/aromatic N) is 1. The predicted octanol–water partition coefficient (Wildman–Crippen LogP) is 4.20. The molecule has 7 nitrogen and oxygen atoms in total. The third-order valence-corrected chi connectivity index (χ3v) is 6.12. The molecule has 0 bridgehead atoms. The van der Waals surface area contributed by atoms with E-state index in [0.717, 1.165) is 6.42 Å². The van der Waals surface area contributed by atoms with E-state index in [-0.39, 0.29) is 41.0 Å². The van der Waals surface area contributed by atoms with Gasteiger partial charge in [-0.3, -0.25) is 9.59 Å². The minimum absolute atomic E-state index is 0.000528. The zero-order chi connectivity index (χ0) is 23.2. The van der Waals surface area contributed by atoms with Crippen LogP contribution in [0.25, 0.3) is 0 Å². The molecule has 2 amide bonds. The number of benzene rings is 2. The molecule has 168 valence electrons. The highest BCUT2D eigenvalue weighted by atomic mass is 32.2. The second kappa shape index (κ2) is 10.4. The Kier molecular flexibility index (Phi) is 8.21. The van der Waals surface area contributed by atoms with Gasteiger partial charge in [-0.05, 0) is 43.7 Å². The Hall–Kier alpha value is -2.87. The molecule has 0 saturated carbocycles. The lowest BCUT2D eigenvalue weighted by molar-refractivity contribution is -0.137. The lowest BCUT2D eigenvalue weighted by Crippen LogP contribution is -2.40. The monoisotopic (exact) mass is 446 g/mol. The molecule has 2 rings (SSSR count). The Labute approximate surface area is 184 Å². The predicted molar refractivity (Wildman–Crippen MR) is 120 cm³/mol. The first-order valence-corrected chi connectivity index (χ1v) is 11.7. The molecule has 0 unspecified atom stereocenters. The molecule has 0 spiro atoms. The first-order valence-electron chi connectivity index (χ1n) is 10.3. The molecular formula is C23H30N2O5S. The van der Waals surface area contributed by atoms with Crippen molar-refractivity contribution < 1.29 is 22.2 Å². The topological polar surface area (TPSA) is 92.8 Å². The summed E-state index contributed by atoms with van der Waals surface area (Å²) in [7, 11) is -4.10. The van der Waals surface area contributed by atoms with E-state index in [0.29, 0.717) is 11.3 Å². The SMILES string of the molecule is CC[C@@H](C)N(Cc1ccccc1OS(=O)(=O)c1ccc(NC(C)=O)cc1)C(=O)C(C)C. The third kappa shape index (κ3) is 6.55. The minimum Gasteiger partial charge on any atom is -0.379 e. The van der Waals surface area contributed by atoms with Crippen molar-refractivity contribution in [2.75, 3.05) is 5.32 Å². The number of rotatable bonds is 9. The van der Waals surface area contributed by atoms with Crippen molar-refractivity contribution in [3.8, 4) is 5.75 Å². The van der Waals surface area contributed by atoms with Gasteiger partial charge in [0.2, 0.25) is 11.8 Å². The van der Waals surface area contributed by atoms with Crippen LogP contribution in [0.1, 0.15) is 46.6 Å². The third-order valence-electron chi connectivity index (χ3n) is 4.88. The van der Waals surface area contributed by atoms with Gasteiger partial charge >= 0.3 is 10.1 Å². The van der Waals surface area contributed by atoms with E-state index < -0.39 is 10.1 Å². The molecule has 1 N–H and O–H groups in total. The molecule has 8 heteroatoms. The molecule has 0 aliphatic rings. The Morgan fingerprint density at radius 2 is 1.65 bits per heavy atom. The van der Waals surface area contributed by atoms with Crippen molar-refractivity contribution >= 4 is 27.6 Å². The van der Waals surface area contributed by atoms with E-state index >= 15 is 0 Å². The zero-order valence-electron chi connectivity index (χ0n) is 18.6. The van der Waals surface area contributed by atoms with E-state index in [1.165, 1.54) is 31.2 Å². The van der Waals surface area contributed by atoms with E-state index in [2.05, 4.69) is 5.32 Å². The van der Waals surface area contributed by atoms with Crippen LogP contribution in [0.3, 0.4) is 0 Å². The molecule has 0 radical (unpaired) electrons. The number of hydrogen-bond donors (Lipinski definition) is 1. The molecule has 0 aliphatic heterocycles. The quantitative estimate of drug-likeness (QED) is 0.583. The highest BCUT2D eigenvalue weighted by Gasteiger charge is 2.24. The molecule has 2 aromatic carbocycles. The van der Waals surface area contributed by atoms with Crippen LogP contribution >= 0.6 is 0 Å². The van der Waals surface area contributed by atoms with E-state index in [1.54, 1.807) is 29.2 Å². The smallest absolute Gasteiger partial charge is 0.339 e. The molecule has 0 heterocycles. The fourth-order valence-corrected chi connectivity index (χ4v) is 3.94. The highest BCUT2D eigenvalue weighted by molar-refractivity contribution is 7.87. The molecule has 2 aromatic rings. The van der Waals surface area contributed by atoms with Crippen LogP contribution in [0.5, 0.6) is 5.75 Å². The number of para-hydroxylation sites is 1. The van der Waals surface area contributed by atoms with Crippen molar-refractivity contribution in [2.24, 2.45) is 5.92 Å². The van der Waals surface area contributed by atoms with Gasteiger partial charge in [0.15, 0.2) is 0 Å². The average Bonchev–Trinajstić information content (AvgIpc) is 2.71. The van der Waals surface area contributed by atoms with E-state index in [4.69, 9.17) is 4.18 Å². The van der Waals surface area contributed by atoms with Gasteiger partial charge < -0.3 is 14.4 Å². The summed E-state index contributed by atoms with van der Waals surface area (Å²) >= 11 is 0. The molecular weight excluding hydrogens is 416 g/mol. The molecule has 1 atom stereocenters. The van der Waals surface area contributed by atoms with Gasteiger partial charge in [0, 0.05) is 36.7 Å². The lowest BCUT2D eigenvalue weighted by atomic mass is 10.1. The highest BCUT2D eigenvalue weighted by Crippen LogP contribution is 2.26. The fraction of sp³-hybridized carbons (Fsp3) is 0.391. The van der Waals surface area contributed by atoms with Crippen LogP contribution in [0.2, 0.25) is 0 Å². The first-order chi connectivity index (χ1) is 14.5. The van der Waals surface area contributed by atoms with Crippen LogP contribution in [-0.2, 0) is 26.3 Å². The lowest BCUT2D eigenvalue weighted by Gasteiger charge is -2.31. The maximum absolute atomic E-state index is 12.8. The van der Waals surface area contributed by atoms with Crippen LogP contribution in [0.15, 0.2) is 53.4 Å². The van der Waals surface area contributed by atoms with Crippen LogP contribution < -0.4 is 9.50 Å². The maximum Gasteiger partial charge on any atom is 0.339 e. The number of anilines is 1. The largest absolute Gasteiger partial charge is 0.379 e. The van der Waals surface area contributed by atoms with Crippen LogP contribution in [-0.4, -0.2) is 31.2 Å². The van der Waals surface area contributed by atoms with Gasteiger partial charge in [-0.25, -0.2) is 0 Å². The first kappa shape index (κ1) is 24.4. The van der Waals surface area contributed by atoms with Crippen molar-refractivity contribution in [2.45, 2.75) is 58.5 Å². The summed E-state index contributed by atoms with van der Waals surface area (Å²) in [5, 5.41) is 2.59. The second-order valence-corrected chi connectivity index (χ2v) is 9.28. The van der Waals surface area contributed by atoms with Gasteiger partial charge in [-0.2, -0.15) is 8.42 Å². The summed E-state index contributed by atoms with van der Waals surface area (Å²) in [6.07, 6.45) is 0.778. The number of carbonyl (C=O) groups is 2. The van der Waals surface area contributed by atoms with Gasteiger partial charge in [0.05, 0.1) is 0 Å². The standard InChI is InChI=1S/C23H30N2O5S/c1-6-17(4)25(23(27)16(2)3)15-19-9-7-8-10-22(19)30-31(28,29)21-13-11-20(12-14-21)24-18(5)26/h7-14,16-17H,6,15H2,1-5H3,(H,24,26)/t17-/m1/s1. The summed E-state index contributed by atoms with van der Waals surface area (Å²) in [6.45, 7) is 9.28. The Balaban J connectivity index is 2.30. The number of nitrogens with one attached hydrogen (secondary N) is 1.